The van der Waals surface area contributed by atoms with Gasteiger partial charge >= 0.3 is 0 Å². The minimum absolute atomic E-state index is 0.312. The fraction of sp³-hybridized carbons (Fsp3) is 0.684. The van der Waals surface area contributed by atoms with Crippen LogP contribution in [0.3, 0.4) is 0 Å². The highest BCUT2D eigenvalue weighted by molar-refractivity contribution is 5.40. The summed E-state index contributed by atoms with van der Waals surface area (Å²) in [5, 5.41) is 11.8. The van der Waals surface area contributed by atoms with Crippen LogP contribution in [0, 0.1) is 24.7 Å². The van der Waals surface area contributed by atoms with Crippen molar-refractivity contribution in [3.8, 4) is 5.75 Å². The van der Waals surface area contributed by atoms with Crippen molar-refractivity contribution in [3.63, 3.8) is 0 Å². The minimum Gasteiger partial charge on any atom is -0.497 e. The maximum atomic E-state index is 11.8. The van der Waals surface area contributed by atoms with E-state index in [0.29, 0.717) is 17.8 Å². The third kappa shape index (κ3) is 2.65. The molecule has 3 rings (SSSR count). The molecule has 2 saturated carbocycles. The van der Waals surface area contributed by atoms with Gasteiger partial charge < -0.3 is 14.7 Å². The van der Waals surface area contributed by atoms with E-state index in [1.807, 2.05) is 6.07 Å². The van der Waals surface area contributed by atoms with E-state index in [0.717, 1.165) is 24.3 Å². The standard InChI is InChI=1S/C19H29NO2/c1-13-5-8-16(22-4)10-17(13)19(21)11-14-6-7-15(9-14)18(19)12-20(2)3/h5,8,10,14-15,18,21H,6-7,9,11-12H2,1-4H3/t14?,15?,18-,19-/m0/s1. The Morgan fingerprint density at radius 2 is 2.09 bits per heavy atom. The number of ether oxygens (including phenoxy) is 1. The van der Waals surface area contributed by atoms with Crippen LogP contribution in [0.4, 0.5) is 0 Å². The van der Waals surface area contributed by atoms with Crippen molar-refractivity contribution in [2.24, 2.45) is 17.8 Å². The smallest absolute Gasteiger partial charge is 0.119 e. The van der Waals surface area contributed by atoms with Crippen molar-refractivity contribution in [2.45, 2.75) is 38.2 Å². The fourth-order valence-electron chi connectivity index (χ4n) is 4.84. The molecule has 0 saturated heterocycles. The Bertz CT molecular complexity index is 542. The number of benzene rings is 1. The molecule has 4 atom stereocenters. The van der Waals surface area contributed by atoms with Gasteiger partial charge in [-0.2, -0.15) is 0 Å². The van der Waals surface area contributed by atoms with E-state index < -0.39 is 5.60 Å². The van der Waals surface area contributed by atoms with Crippen LogP contribution in [0.25, 0.3) is 0 Å². The molecular weight excluding hydrogens is 274 g/mol. The fourth-order valence-corrected chi connectivity index (χ4v) is 4.84. The van der Waals surface area contributed by atoms with Gasteiger partial charge in [0.05, 0.1) is 12.7 Å². The van der Waals surface area contributed by atoms with E-state index in [2.05, 4.69) is 38.1 Å². The molecule has 3 heteroatoms. The number of hydrogen-bond donors (Lipinski definition) is 1. The van der Waals surface area contributed by atoms with Crippen LogP contribution >= 0.6 is 0 Å². The number of aliphatic hydroxyl groups is 1. The molecule has 1 N–H and O–H groups in total. The average Bonchev–Trinajstić information content (AvgIpc) is 2.87. The third-order valence-corrected chi connectivity index (χ3v) is 5.84. The number of hydrogen-bond acceptors (Lipinski definition) is 3. The predicted octanol–water partition coefficient (Wildman–Crippen LogP) is 3.19. The van der Waals surface area contributed by atoms with Gasteiger partial charge in [0.1, 0.15) is 5.75 Å². The van der Waals surface area contributed by atoms with Crippen LogP contribution < -0.4 is 4.74 Å². The summed E-state index contributed by atoms with van der Waals surface area (Å²) in [6.07, 6.45) is 4.74. The zero-order valence-electron chi connectivity index (χ0n) is 14.3. The molecule has 0 spiro atoms. The van der Waals surface area contributed by atoms with Crippen molar-refractivity contribution < 1.29 is 9.84 Å². The van der Waals surface area contributed by atoms with Crippen LogP contribution in [-0.4, -0.2) is 37.8 Å². The summed E-state index contributed by atoms with van der Waals surface area (Å²) in [6, 6.07) is 6.12. The van der Waals surface area contributed by atoms with Crippen LogP contribution in [0.2, 0.25) is 0 Å². The first kappa shape index (κ1) is 15.8. The Balaban J connectivity index is 2.04. The normalized spacial score (nSPS) is 34.2. The largest absolute Gasteiger partial charge is 0.497 e. The number of rotatable bonds is 4. The van der Waals surface area contributed by atoms with Gasteiger partial charge in [-0.1, -0.05) is 12.5 Å². The van der Waals surface area contributed by atoms with Gasteiger partial charge in [0.25, 0.3) is 0 Å². The van der Waals surface area contributed by atoms with Gasteiger partial charge in [0, 0.05) is 12.5 Å². The lowest BCUT2D eigenvalue weighted by molar-refractivity contribution is -0.0896. The van der Waals surface area contributed by atoms with Gasteiger partial charge in [0.15, 0.2) is 0 Å². The predicted molar refractivity (Wildman–Crippen MR) is 89.1 cm³/mol. The molecule has 2 aliphatic rings. The van der Waals surface area contributed by atoms with Gasteiger partial charge in [-0.25, -0.2) is 0 Å². The molecule has 0 heterocycles. The van der Waals surface area contributed by atoms with Gasteiger partial charge in [0.2, 0.25) is 0 Å². The maximum Gasteiger partial charge on any atom is 0.119 e. The van der Waals surface area contributed by atoms with Gasteiger partial charge in [-0.05, 0) is 75.4 Å². The number of nitrogens with zero attached hydrogens (tertiary/aromatic N) is 1. The van der Waals surface area contributed by atoms with Crippen LogP contribution in [0.5, 0.6) is 5.75 Å². The van der Waals surface area contributed by atoms with Crippen LogP contribution in [-0.2, 0) is 5.60 Å². The van der Waals surface area contributed by atoms with Gasteiger partial charge in [-0.15, -0.1) is 0 Å². The van der Waals surface area contributed by atoms with Crippen molar-refractivity contribution >= 4 is 0 Å². The topological polar surface area (TPSA) is 32.7 Å². The van der Waals surface area contributed by atoms with E-state index in [1.165, 1.54) is 24.8 Å². The van der Waals surface area contributed by atoms with E-state index >= 15 is 0 Å². The number of aryl methyl sites for hydroxylation is 1. The number of methoxy groups -OCH3 is 1. The van der Waals surface area contributed by atoms with Gasteiger partial charge in [-0.3, -0.25) is 0 Å². The van der Waals surface area contributed by atoms with E-state index in [-0.39, 0.29) is 0 Å². The molecule has 1 aromatic carbocycles. The first-order valence-electron chi connectivity index (χ1n) is 8.46. The molecule has 2 unspecified atom stereocenters. The van der Waals surface area contributed by atoms with E-state index in [9.17, 15) is 5.11 Å². The van der Waals surface area contributed by atoms with Crippen molar-refractivity contribution in [1.29, 1.82) is 0 Å². The average molecular weight is 303 g/mol. The molecule has 2 aliphatic carbocycles. The zero-order valence-corrected chi connectivity index (χ0v) is 14.3. The maximum absolute atomic E-state index is 11.8. The molecule has 3 nitrogen and oxygen atoms in total. The molecule has 0 aliphatic heterocycles. The molecule has 2 bridgehead atoms. The molecule has 122 valence electrons. The second-order valence-corrected chi connectivity index (χ2v) is 7.62. The quantitative estimate of drug-likeness (QED) is 0.927. The summed E-state index contributed by atoms with van der Waals surface area (Å²) in [7, 11) is 5.92. The molecule has 0 amide bonds. The lowest BCUT2D eigenvalue weighted by Crippen LogP contribution is -2.47. The Morgan fingerprint density at radius 1 is 1.32 bits per heavy atom. The number of fused-ring (bicyclic) bond motifs is 2. The van der Waals surface area contributed by atoms with Crippen LogP contribution in [0.1, 0.15) is 36.8 Å². The molecule has 1 aromatic rings. The first-order valence-corrected chi connectivity index (χ1v) is 8.46. The van der Waals surface area contributed by atoms with Crippen LogP contribution in [0.15, 0.2) is 18.2 Å². The Kier molecular flexibility index (Phi) is 4.21. The molecule has 22 heavy (non-hydrogen) atoms. The summed E-state index contributed by atoms with van der Waals surface area (Å²) in [6.45, 7) is 3.06. The van der Waals surface area contributed by atoms with E-state index in [4.69, 9.17) is 4.74 Å². The summed E-state index contributed by atoms with van der Waals surface area (Å²) in [5.41, 5.74) is 1.54. The summed E-state index contributed by atoms with van der Waals surface area (Å²) in [5.74, 6) is 2.48. The summed E-state index contributed by atoms with van der Waals surface area (Å²) < 4.78 is 5.41. The molecule has 0 radical (unpaired) electrons. The lowest BCUT2D eigenvalue weighted by Gasteiger charge is -2.46. The Morgan fingerprint density at radius 3 is 2.77 bits per heavy atom. The SMILES string of the molecule is COc1ccc(C)c([C@@]2(O)CC3CCC(C3)[C@@H]2CN(C)C)c1. The monoisotopic (exact) mass is 303 g/mol. The first-order chi connectivity index (χ1) is 10.4. The van der Waals surface area contributed by atoms with Crippen molar-refractivity contribution in [2.75, 3.05) is 27.7 Å². The van der Waals surface area contributed by atoms with Crippen molar-refractivity contribution in [1.82, 2.24) is 4.90 Å². The minimum atomic E-state index is -0.715. The third-order valence-electron chi connectivity index (χ3n) is 5.84. The highest BCUT2D eigenvalue weighted by Gasteiger charge is 2.51. The second-order valence-electron chi connectivity index (χ2n) is 7.62. The van der Waals surface area contributed by atoms with E-state index in [1.54, 1.807) is 7.11 Å². The second kappa shape index (κ2) is 5.86. The zero-order chi connectivity index (χ0) is 15.9. The summed E-state index contributed by atoms with van der Waals surface area (Å²) in [4.78, 5) is 2.23. The highest BCUT2D eigenvalue weighted by atomic mass is 16.5. The molecule has 2 fully saturated rings. The molecule has 0 aromatic heterocycles. The molecular formula is C19H29NO2. The highest BCUT2D eigenvalue weighted by Crippen LogP contribution is 2.55. The Hall–Kier alpha value is -1.06. The van der Waals surface area contributed by atoms with Crippen molar-refractivity contribution in [3.05, 3.63) is 29.3 Å². The summed E-state index contributed by atoms with van der Waals surface area (Å²) >= 11 is 0. The Labute approximate surface area is 134 Å². The lowest BCUT2D eigenvalue weighted by atomic mass is 9.65.